The van der Waals surface area contributed by atoms with Gasteiger partial charge < -0.3 is 19.4 Å². The van der Waals surface area contributed by atoms with Crippen LogP contribution in [0, 0.1) is 24.1 Å². The largest absolute Gasteiger partial charge is 0.462 e. The summed E-state index contributed by atoms with van der Waals surface area (Å²) in [6, 6.07) is 9.32. The molecule has 2 aliphatic rings. The number of benzene rings is 2. The van der Waals surface area contributed by atoms with Crippen molar-refractivity contribution >= 4 is 33.5 Å². The van der Waals surface area contributed by atoms with Gasteiger partial charge in [0.15, 0.2) is 17.5 Å². The summed E-state index contributed by atoms with van der Waals surface area (Å²) in [6.07, 6.45) is 0.341. The third-order valence-electron chi connectivity index (χ3n) is 9.04. The molecular weight excluding hydrogens is 614 g/mol. The Balaban J connectivity index is 1.49. The van der Waals surface area contributed by atoms with Crippen LogP contribution in [-0.4, -0.2) is 82.6 Å². The number of hydrogen-bond acceptors (Lipinski definition) is 8. The molecule has 2 aliphatic heterocycles. The number of aromatic nitrogens is 3. The number of alkyl halides is 2. The molecule has 6 rings (SSSR count). The Hall–Kier alpha value is -4.83. The van der Waals surface area contributed by atoms with Gasteiger partial charge in [-0.05, 0) is 67.4 Å². The number of piperazine rings is 1. The quantitative estimate of drug-likeness (QED) is 0.167. The minimum Gasteiger partial charge on any atom is -0.462 e. The van der Waals surface area contributed by atoms with Crippen LogP contribution in [0.25, 0.3) is 32.9 Å². The zero-order valence-electron chi connectivity index (χ0n) is 26.0. The molecule has 2 saturated heterocycles. The van der Waals surface area contributed by atoms with Crippen molar-refractivity contribution in [3.8, 4) is 23.2 Å². The number of nitriles is 1. The lowest BCUT2D eigenvalue weighted by Gasteiger charge is -2.41. The van der Waals surface area contributed by atoms with Gasteiger partial charge >= 0.3 is 6.01 Å². The summed E-state index contributed by atoms with van der Waals surface area (Å²) in [6.45, 7) is 6.41. The van der Waals surface area contributed by atoms with Gasteiger partial charge in [-0.2, -0.15) is 15.2 Å². The molecule has 0 spiro atoms. The number of hydrogen-bond donors (Lipinski definition) is 0. The standard InChI is InChI=1S/C34H33F4N7O2/c1-19-6-4-7-21-14-22(31(37)38)15-25(27(19)21)26-16-40-30-29(28(26)36)41-34(47-18-24-8-5-11-43(24)3)42-32(30)44-12-13-45(33(46)20(2)35)23(17-44)9-10-39/h4,6-7,14-16,23-24,31H,2,5,8-9,11-13,17-18H2,1,3H3/t23-,24?/m0/s1. The van der Waals surface area contributed by atoms with Crippen molar-refractivity contribution in [1.82, 2.24) is 24.8 Å². The molecule has 2 fully saturated rings. The summed E-state index contributed by atoms with van der Waals surface area (Å²) in [4.78, 5) is 31.3. The normalized spacial score (nSPS) is 18.7. The van der Waals surface area contributed by atoms with Gasteiger partial charge in [-0.3, -0.25) is 4.79 Å². The van der Waals surface area contributed by atoms with Crippen LogP contribution in [0.5, 0.6) is 6.01 Å². The maximum absolute atomic E-state index is 16.8. The van der Waals surface area contributed by atoms with Crippen molar-refractivity contribution in [3.05, 3.63) is 65.9 Å². The van der Waals surface area contributed by atoms with E-state index >= 15 is 4.39 Å². The van der Waals surface area contributed by atoms with Gasteiger partial charge in [0.25, 0.3) is 12.3 Å². The fourth-order valence-corrected chi connectivity index (χ4v) is 6.57. The van der Waals surface area contributed by atoms with Crippen LogP contribution >= 0.6 is 0 Å². The van der Waals surface area contributed by atoms with E-state index in [1.54, 1.807) is 17.0 Å². The molecule has 2 atom stereocenters. The van der Waals surface area contributed by atoms with Crippen LogP contribution in [0.4, 0.5) is 23.4 Å². The smallest absolute Gasteiger partial charge is 0.319 e. The second kappa shape index (κ2) is 13.1. The van der Waals surface area contributed by atoms with E-state index in [2.05, 4.69) is 26.4 Å². The number of fused-ring (bicyclic) bond motifs is 2. The van der Waals surface area contributed by atoms with Gasteiger partial charge in [-0.15, -0.1) is 0 Å². The number of halogens is 4. The summed E-state index contributed by atoms with van der Waals surface area (Å²) in [5.41, 5.74) is 0.692. The lowest BCUT2D eigenvalue weighted by atomic mass is 9.93. The van der Waals surface area contributed by atoms with E-state index in [9.17, 15) is 23.2 Å². The Morgan fingerprint density at radius 3 is 2.66 bits per heavy atom. The van der Waals surface area contributed by atoms with Gasteiger partial charge in [-0.1, -0.05) is 24.8 Å². The van der Waals surface area contributed by atoms with E-state index in [4.69, 9.17) is 4.74 Å². The molecule has 4 heterocycles. The number of pyridine rings is 1. The fourth-order valence-electron chi connectivity index (χ4n) is 6.57. The molecule has 0 saturated carbocycles. The topological polar surface area (TPSA) is 98.5 Å². The SMILES string of the molecule is C=C(F)C(=O)N1CCN(c2nc(OCC3CCCN3C)nc3c(F)c(-c4cc(C(F)F)cc5cccc(C)c45)cnc23)C[C@@H]1CC#N. The van der Waals surface area contributed by atoms with Crippen molar-refractivity contribution in [2.24, 2.45) is 0 Å². The summed E-state index contributed by atoms with van der Waals surface area (Å²) < 4.78 is 64.6. The number of aryl methyl sites for hydroxylation is 1. The van der Waals surface area contributed by atoms with Crippen LogP contribution in [0.1, 0.15) is 36.8 Å². The lowest BCUT2D eigenvalue weighted by Crippen LogP contribution is -2.55. The molecule has 0 radical (unpaired) electrons. The number of likely N-dealkylation sites (tertiary alicyclic amines) is 1. The van der Waals surface area contributed by atoms with Crippen molar-refractivity contribution in [2.75, 3.05) is 44.7 Å². The highest BCUT2D eigenvalue weighted by Gasteiger charge is 2.34. The summed E-state index contributed by atoms with van der Waals surface area (Å²) in [7, 11) is 1.99. The van der Waals surface area contributed by atoms with Crippen LogP contribution in [0.15, 0.2) is 48.9 Å². The van der Waals surface area contributed by atoms with E-state index in [1.807, 2.05) is 26.1 Å². The van der Waals surface area contributed by atoms with Gasteiger partial charge in [-0.25, -0.2) is 22.5 Å². The molecule has 0 bridgehead atoms. The van der Waals surface area contributed by atoms with Crippen LogP contribution in [0.2, 0.25) is 0 Å². The summed E-state index contributed by atoms with van der Waals surface area (Å²) in [5.74, 6) is -2.60. The minimum atomic E-state index is -2.78. The molecule has 1 unspecified atom stereocenters. The van der Waals surface area contributed by atoms with Crippen molar-refractivity contribution in [1.29, 1.82) is 5.26 Å². The zero-order valence-corrected chi connectivity index (χ0v) is 26.0. The van der Waals surface area contributed by atoms with E-state index < -0.39 is 30.0 Å². The number of carbonyl (C=O) groups excluding carboxylic acids is 1. The fraction of sp³-hybridized carbons (Fsp3) is 0.382. The molecule has 4 aromatic rings. The highest BCUT2D eigenvalue weighted by molar-refractivity contribution is 6.01. The van der Waals surface area contributed by atoms with Gasteiger partial charge in [0, 0.05) is 43.0 Å². The van der Waals surface area contributed by atoms with Crippen molar-refractivity contribution in [2.45, 2.75) is 44.7 Å². The monoisotopic (exact) mass is 647 g/mol. The number of nitrogens with zero attached hydrogens (tertiary/aromatic N) is 7. The molecule has 13 heteroatoms. The predicted octanol–water partition coefficient (Wildman–Crippen LogP) is 6.12. The van der Waals surface area contributed by atoms with Crippen molar-refractivity contribution < 1.29 is 27.1 Å². The highest BCUT2D eigenvalue weighted by Crippen LogP contribution is 2.39. The summed E-state index contributed by atoms with van der Waals surface area (Å²) >= 11 is 0. The minimum absolute atomic E-state index is 0.00958. The molecule has 0 N–H and O–H groups in total. The Kier molecular flexibility index (Phi) is 8.96. The molecule has 1 amide bonds. The third kappa shape index (κ3) is 6.17. The first-order chi connectivity index (χ1) is 22.6. The third-order valence-corrected chi connectivity index (χ3v) is 9.04. The predicted molar refractivity (Wildman–Crippen MR) is 169 cm³/mol. The molecular formula is C34H33F4N7O2. The number of rotatable bonds is 8. The van der Waals surface area contributed by atoms with Crippen LogP contribution in [-0.2, 0) is 4.79 Å². The van der Waals surface area contributed by atoms with Crippen LogP contribution < -0.4 is 9.64 Å². The summed E-state index contributed by atoms with van der Waals surface area (Å²) in [5, 5.41) is 10.6. The first kappa shape index (κ1) is 32.1. The molecule has 9 nitrogen and oxygen atoms in total. The first-order valence-corrected chi connectivity index (χ1v) is 15.4. The lowest BCUT2D eigenvalue weighted by molar-refractivity contribution is -0.131. The average Bonchev–Trinajstić information content (AvgIpc) is 3.47. The zero-order chi connectivity index (χ0) is 33.4. The highest BCUT2D eigenvalue weighted by atomic mass is 19.3. The molecule has 2 aromatic carbocycles. The Morgan fingerprint density at radius 1 is 1.15 bits per heavy atom. The molecule has 2 aromatic heterocycles. The molecule has 0 aliphatic carbocycles. The maximum atomic E-state index is 16.8. The average molecular weight is 648 g/mol. The number of anilines is 1. The van der Waals surface area contributed by atoms with E-state index in [0.29, 0.717) is 10.8 Å². The van der Waals surface area contributed by atoms with E-state index in [1.165, 1.54) is 23.2 Å². The number of carbonyl (C=O) groups is 1. The maximum Gasteiger partial charge on any atom is 0.319 e. The van der Waals surface area contributed by atoms with Gasteiger partial charge in [0.2, 0.25) is 0 Å². The number of amides is 1. The Labute approximate surface area is 269 Å². The molecule has 244 valence electrons. The van der Waals surface area contributed by atoms with E-state index in [-0.39, 0.29) is 78.3 Å². The van der Waals surface area contributed by atoms with Crippen LogP contribution in [0.3, 0.4) is 0 Å². The Morgan fingerprint density at radius 2 is 1.96 bits per heavy atom. The van der Waals surface area contributed by atoms with Crippen molar-refractivity contribution in [3.63, 3.8) is 0 Å². The van der Waals surface area contributed by atoms with E-state index in [0.717, 1.165) is 24.9 Å². The number of ether oxygens (including phenoxy) is 1. The molecule has 47 heavy (non-hydrogen) atoms. The second-order valence-electron chi connectivity index (χ2n) is 12.0. The van der Waals surface area contributed by atoms with Gasteiger partial charge in [0.1, 0.15) is 17.6 Å². The second-order valence-corrected chi connectivity index (χ2v) is 12.0. The number of likely N-dealkylation sites (N-methyl/N-ethyl adjacent to an activating group) is 1. The first-order valence-electron chi connectivity index (χ1n) is 15.4. The Bertz CT molecular complexity index is 1910. The van der Waals surface area contributed by atoms with Gasteiger partial charge in [0.05, 0.1) is 18.5 Å².